The molecule has 144 valence electrons. The van der Waals surface area contributed by atoms with Crippen molar-refractivity contribution in [2.75, 3.05) is 6.61 Å². The van der Waals surface area contributed by atoms with E-state index in [1.807, 2.05) is 63.2 Å². The SMILES string of the molecule is CC(C)C(C)NC(=O)CO/N=C(\N)c1ccc(OCc2ccccc2)cc1. The molecule has 3 N–H and O–H groups in total. The van der Waals surface area contributed by atoms with Crippen LogP contribution >= 0.6 is 0 Å². The second kappa shape index (κ2) is 10.2. The van der Waals surface area contributed by atoms with Crippen molar-refractivity contribution in [1.29, 1.82) is 0 Å². The van der Waals surface area contributed by atoms with Crippen LogP contribution in [0.4, 0.5) is 0 Å². The van der Waals surface area contributed by atoms with Crippen LogP contribution < -0.4 is 15.8 Å². The van der Waals surface area contributed by atoms with Crippen molar-refractivity contribution in [1.82, 2.24) is 5.32 Å². The Morgan fingerprint density at radius 1 is 1.07 bits per heavy atom. The zero-order valence-electron chi connectivity index (χ0n) is 16.0. The van der Waals surface area contributed by atoms with Crippen molar-refractivity contribution < 1.29 is 14.4 Å². The molecule has 0 bridgehead atoms. The fourth-order valence-corrected chi connectivity index (χ4v) is 2.14. The van der Waals surface area contributed by atoms with E-state index in [1.54, 1.807) is 12.1 Å². The first-order chi connectivity index (χ1) is 13.0. The van der Waals surface area contributed by atoms with Gasteiger partial charge in [-0.3, -0.25) is 4.79 Å². The van der Waals surface area contributed by atoms with Crippen LogP contribution in [0.25, 0.3) is 0 Å². The second-order valence-electron chi connectivity index (χ2n) is 6.65. The molecule has 0 saturated carbocycles. The molecule has 0 aliphatic heterocycles. The van der Waals surface area contributed by atoms with E-state index in [1.165, 1.54) is 0 Å². The first-order valence-corrected chi connectivity index (χ1v) is 8.97. The van der Waals surface area contributed by atoms with E-state index < -0.39 is 0 Å². The number of carbonyl (C=O) groups excluding carboxylic acids is 1. The molecule has 6 nitrogen and oxygen atoms in total. The summed E-state index contributed by atoms with van der Waals surface area (Å²) in [5.41, 5.74) is 7.69. The Hall–Kier alpha value is -3.02. The number of rotatable bonds is 9. The van der Waals surface area contributed by atoms with Crippen LogP contribution in [0.2, 0.25) is 0 Å². The average Bonchev–Trinajstić information content (AvgIpc) is 2.67. The van der Waals surface area contributed by atoms with Gasteiger partial charge in [-0.05, 0) is 42.7 Å². The third-order valence-electron chi connectivity index (χ3n) is 4.15. The number of amidine groups is 1. The largest absolute Gasteiger partial charge is 0.489 e. The van der Waals surface area contributed by atoms with Gasteiger partial charge in [-0.15, -0.1) is 0 Å². The molecule has 1 amide bonds. The quantitative estimate of drug-likeness (QED) is 0.404. The number of hydrogen-bond donors (Lipinski definition) is 2. The molecule has 0 radical (unpaired) electrons. The molecule has 0 heterocycles. The summed E-state index contributed by atoms with van der Waals surface area (Å²) in [6.07, 6.45) is 0. The molecule has 0 aromatic heterocycles. The highest BCUT2D eigenvalue weighted by Crippen LogP contribution is 2.14. The van der Waals surface area contributed by atoms with E-state index in [0.29, 0.717) is 18.1 Å². The van der Waals surface area contributed by atoms with Crippen LogP contribution in [-0.2, 0) is 16.2 Å². The zero-order valence-corrected chi connectivity index (χ0v) is 16.0. The van der Waals surface area contributed by atoms with E-state index in [-0.39, 0.29) is 24.4 Å². The van der Waals surface area contributed by atoms with E-state index in [2.05, 4.69) is 10.5 Å². The minimum absolute atomic E-state index is 0.0749. The van der Waals surface area contributed by atoms with Gasteiger partial charge in [0, 0.05) is 11.6 Å². The summed E-state index contributed by atoms with van der Waals surface area (Å²) in [5, 5.41) is 6.64. The predicted octanol–water partition coefficient (Wildman–Crippen LogP) is 3.06. The summed E-state index contributed by atoms with van der Waals surface area (Å²) in [6.45, 7) is 6.35. The maximum Gasteiger partial charge on any atom is 0.260 e. The molecule has 27 heavy (non-hydrogen) atoms. The highest BCUT2D eigenvalue weighted by Gasteiger charge is 2.11. The molecule has 2 rings (SSSR count). The van der Waals surface area contributed by atoms with Crippen molar-refractivity contribution in [3.05, 3.63) is 65.7 Å². The van der Waals surface area contributed by atoms with E-state index in [9.17, 15) is 4.79 Å². The lowest BCUT2D eigenvalue weighted by Gasteiger charge is -2.16. The first kappa shape index (κ1) is 20.3. The van der Waals surface area contributed by atoms with Crippen molar-refractivity contribution in [3.63, 3.8) is 0 Å². The molecule has 0 saturated heterocycles. The van der Waals surface area contributed by atoms with Crippen molar-refractivity contribution in [2.45, 2.75) is 33.4 Å². The minimum Gasteiger partial charge on any atom is -0.489 e. The smallest absolute Gasteiger partial charge is 0.260 e. The molecule has 0 fully saturated rings. The maximum atomic E-state index is 11.7. The highest BCUT2D eigenvalue weighted by atomic mass is 16.6. The van der Waals surface area contributed by atoms with Crippen LogP contribution in [0.3, 0.4) is 0 Å². The molecule has 0 aliphatic carbocycles. The Morgan fingerprint density at radius 2 is 1.74 bits per heavy atom. The molecule has 1 atom stereocenters. The van der Waals surface area contributed by atoms with E-state index >= 15 is 0 Å². The summed E-state index contributed by atoms with van der Waals surface area (Å²) in [6, 6.07) is 17.2. The van der Waals surface area contributed by atoms with Gasteiger partial charge in [0.1, 0.15) is 12.4 Å². The summed E-state index contributed by atoms with van der Waals surface area (Å²) in [5.74, 6) is 1.07. The Kier molecular flexibility index (Phi) is 7.67. The lowest BCUT2D eigenvalue weighted by atomic mass is 10.1. The number of hydrogen-bond acceptors (Lipinski definition) is 4. The Balaban J connectivity index is 1.81. The highest BCUT2D eigenvalue weighted by molar-refractivity contribution is 5.97. The minimum atomic E-state index is -0.225. The monoisotopic (exact) mass is 369 g/mol. The fourth-order valence-electron chi connectivity index (χ4n) is 2.14. The number of benzene rings is 2. The van der Waals surface area contributed by atoms with Crippen molar-refractivity contribution in [2.24, 2.45) is 16.8 Å². The van der Waals surface area contributed by atoms with Crippen LogP contribution in [0.15, 0.2) is 59.8 Å². The second-order valence-corrected chi connectivity index (χ2v) is 6.65. The van der Waals surface area contributed by atoms with Gasteiger partial charge in [-0.1, -0.05) is 49.3 Å². The molecule has 0 spiro atoms. The number of nitrogens with two attached hydrogens (primary N) is 1. The van der Waals surface area contributed by atoms with Crippen LogP contribution in [-0.4, -0.2) is 24.4 Å². The lowest BCUT2D eigenvalue weighted by Crippen LogP contribution is -2.38. The molecule has 2 aromatic rings. The molecule has 0 aliphatic rings. The maximum absolute atomic E-state index is 11.7. The van der Waals surface area contributed by atoms with Gasteiger partial charge >= 0.3 is 0 Å². The first-order valence-electron chi connectivity index (χ1n) is 8.97. The number of nitrogens with zero attached hydrogens (tertiary/aromatic N) is 1. The van der Waals surface area contributed by atoms with Crippen molar-refractivity contribution >= 4 is 11.7 Å². The molecule has 2 aromatic carbocycles. The number of ether oxygens (including phenoxy) is 1. The topological polar surface area (TPSA) is 85.9 Å². The van der Waals surface area contributed by atoms with Gasteiger partial charge in [0.05, 0.1) is 0 Å². The van der Waals surface area contributed by atoms with Gasteiger partial charge < -0.3 is 20.6 Å². The summed E-state index contributed by atoms with van der Waals surface area (Å²) in [4.78, 5) is 16.8. The van der Waals surface area contributed by atoms with Gasteiger partial charge in [-0.25, -0.2) is 0 Å². The van der Waals surface area contributed by atoms with E-state index in [0.717, 1.165) is 11.3 Å². The average molecular weight is 369 g/mol. The molecule has 1 unspecified atom stereocenters. The fraction of sp³-hybridized carbons (Fsp3) is 0.333. The van der Waals surface area contributed by atoms with Crippen LogP contribution in [0.5, 0.6) is 5.75 Å². The third kappa shape index (κ3) is 7.01. The number of carbonyl (C=O) groups is 1. The summed E-state index contributed by atoms with van der Waals surface area (Å²) >= 11 is 0. The predicted molar refractivity (Wildman–Crippen MR) is 106 cm³/mol. The lowest BCUT2D eigenvalue weighted by molar-refractivity contribution is -0.126. The molecule has 6 heteroatoms. The van der Waals surface area contributed by atoms with Gasteiger partial charge in [-0.2, -0.15) is 0 Å². The standard InChI is InChI=1S/C21H27N3O3/c1-15(2)16(3)23-20(25)14-27-24-21(22)18-9-11-19(12-10-18)26-13-17-7-5-4-6-8-17/h4-12,15-16H,13-14H2,1-3H3,(H2,22,24)(H,23,25). The summed E-state index contributed by atoms with van der Waals surface area (Å²) < 4.78 is 5.73. The Labute approximate surface area is 160 Å². The third-order valence-corrected chi connectivity index (χ3v) is 4.15. The van der Waals surface area contributed by atoms with Gasteiger partial charge in [0.25, 0.3) is 5.91 Å². The van der Waals surface area contributed by atoms with Crippen LogP contribution in [0.1, 0.15) is 31.9 Å². The Morgan fingerprint density at radius 3 is 2.37 bits per heavy atom. The normalized spacial score (nSPS) is 12.5. The number of oxime groups is 1. The number of amides is 1. The van der Waals surface area contributed by atoms with E-state index in [4.69, 9.17) is 15.3 Å². The van der Waals surface area contributed by atoms with Gasteiger partial charge in [0.15, 0.2) is 12.4 Å². The van der Waals surface area contributed by atoms with Crippen LogP contribution in [0, 0.1) is 5.92 Å². The number of nitrogens with one attached hydrogen (secondary N) is 1. The molecular weight excluding hydrogens is 342 g/mol. The summed E-state index contributed by atoms with van der Waals surface area (Å²) in [7, 11) is 0. The van der Waals surface area contributed by atoms with Crippen molar-refractivity contribution in [3.8, 4) is 5.75 Å². The van der Waals surface area contributed by atoms with Gasteiger partial charge in [0.2, 0.25) is 0 Å². The molecular formula is C21H27N3O3. The Bertz CT molecular complexity index is 743. The zero-order chi connectivity index (χ0) is 19.6.